The Balaban J connectivity index is 2.24. The van der Waals surface area contributed by atoms with Crippen LogP contribution in [0.2, 0.25) is 0 Å². The average molecular weight is 242 g/mol. The Morgan fingerprint density at radius 2 is 1.94 bits per heavy atom. The van der Waals surface area contributed by atoms with Gasteiger partial charge in [0.2, 0.25) is 0 Å². The Kier molecular flexibility index (Phi) is 3.97. The Morgan fingerprint density at radius 3 is 2.67 bits per heavy atom. The van der Waals surface area contributed by atoms with Gasteiger partial charge in [0.25, 0.3) is 5.95 Å². The van der Waals surface area contributed by atoms with E-state index in [1.807, 2.05) is 43.3 Å². The van der Waals surface area contributed by atoms with Gasteiger partial charge in [-0.25, -0.2) is 0 Å². The largest absolute Gasteiger partial charge is 0.465 e. The number of rotatable bonds is 4. The fourth-order valence-corrected chi connectivity index (χ4v) is 1.51. The molecule has 0 saturated carbocycles. The van der Waals surface area contributed by atoms with Crippen molar-refractivity contribution < 1.29 is 9.15 Å². The second-order valence-electron chi connectivity index (χ2n) is 3.69. The van der Waals surface area contributed by atoms with E-state index >= 15 is 0 Å². The molecule has 0 aliphatic rings. The number of benzene rings is 1. The molecule has 3 heteroatoms. The fraction of sp³-hybridized carbons (Fsp3) is 0.133. The fourth-order valence-electron chi connectivity index (χ4n) is 1.51. The number of ether oxygens (including phenoxy) is 1. The average Bonchev–Trinajstić information content (AvgIpc) is 2.37. The number of hydrogen-bond donors (Lipinski definition) is 0. The van der Waals surface area contributed by atoms with Crippen LogP contribution in [0.15, 0.2) is 51.7 Å². The van der Waals surface area contributed by atoms with Crippen molar-refractivity contribution in [2.24, 2.45) is 0 Å². The lowest BCUT2D eigenvalue weighted by Gasteiger charge is -2.01. The Labute approximate surface area is 105 Å². The van der Waals surface area contributed by atoms with E-state index in [4.69, 9.17) is 9.15 Å². The minimum absolute atomic E-state index is 0.127. The molecule has 0 bridgehead atoms. The van der Waals surface area contributed by atoms with E-state index in [-0.39, 0.29) is 11.4 Å². The molecule has 92 valence electrons. The summed E-state index contributed by atoms with van der Waals surface area (Å²) in [5, 5.41) is 0. The van der Waals surface area contributed by atoms with Crippen LogP contribution in [-0.4, -0.2) is 6.61 Å². The molecule has 0 N–H and O–H groups in total. The molecule has 0 radical (unpaired) electrons. The SMILES string of the molecule is CCOc1cc(=O)cc(C=Cc2ccccc2)o1. The summed E-state index contributed by atoms with van der Waals surface area (Å²) in [5.41, 5.74) is 0.916. The molecule has 0 spiro atoms. The Bertz CT molecular complexity index is 582. The highest BCUT2D eigenvalue weighted by Gasteiger charge is 1.99. The molecule has 0 unspecified atom stereocenters. The third-order valence-electron chi connectivity index (χ3n) is 2.29. The molecule has 0 atom stereocenters. The first-order valence-electron chi connectivity index (χ1n) is 5.79. The molecule has 2 aromatic rings. The van der Waals surface area contributed by atoms with Crippen LogP contribution >= 0.6 is 0 Å². The van der Waals surface area contributed by atoms with E-state index in [1.165, 1.54) is 12.1 Å². The molecular formula is C15H14O3. The van der Waals surface area contributed by atoms with Crippen LogP contribution in [0.4, 0.5) is 0 Å². The quantitative estimate of drug-likeness (QED) is 0.826. The lowest BCUT2D eigenvalue weighted by atomic mass is 10.2. The predicted molar refractivity (Wildman–Crippen MR) is 71.5 cm³/mol. The van der Waals surface area contributed by atoms with E-state index < -0.39 is 0 Å². The predicted octanol–water partition coefficient (Wildman–Crippen LogP) is 3.21. The topological polar surface area (TPSA) is 39.4 Å². The van der Waals surface area contributed by atoms with Crippen molar-refractivity contribution in [3.8, 4) is 5.95 Å². The third kappa shape index (κ3) is 3.35. The van der Waals surface area contributed by atoms with Crippen molar-refractivity contribution >= 4 is 12.2 Å². The molecule has 0 aliphatic heterocycles. The van der Waals surface area contributed by atoms with Crippen molar-refractivity contribution in [1.29, 1.82) is 0 Å². The van der Waals surface area contributed by atoms with Gasteiger partial charge in [-0.2, -0.15) is 0 Å². The maximum Gasteiger partial charge on any atom is 0.288 e. The van der Waals surface area contributed by atoms with Crippen molar-refractivity contribution in [2.45, 2.75) is 6.92 Å². The second-order valence-corrected chi connectivity index (χ2v) is 3.69. The standard InChI is InChI=1S/C15H14O3/c1-2-17-15-11-13(16)10-14(18-15)9-8-12-6-4-3-5-7-12/h3-11H,2H2,1H3. The van der Waals surface area contributed by atoms with Crippen LogP contribution < -0.4 is 10.2 Å². The molecule has 0 saturated heterocycles. The van der Waals surface area contributed by atoms with Gasteiger partial charge in [0.1, 0.15) is 5.76 Å². The molecule has 0 fully saturated rings. The summed E-state index contributed by atoms with van der Waals surface area (Å²) in [4.78, 5) is 11.4. The monoisotopic (exact) mass is 242 g/mol. The lowest BCUT2D eigenvalue weighted by molar-refractivity contribution is 0.249. The van der Waals surface area contributed by atoms with Gasteiger partial charge >= 0.3 is 0 Å². The van der Waals surface area contributed by atoms with Crippen LogP contribution in [0.3, 0.4) is 0 Å². The first kappa shape index (κ1) is 12.2. The van der Waals surface area contributed by atoms with E-state index in [0.29, 0.717) is 12.4 Å². The smallest absolute Gasteiger partial charge is 0.288 e. The molecule has 2 rings (SSSR count). The molecule has 1 aromatic carbocycles. The molecule has 0 amide bonds. The molecular weight excluding hydrogens is 228 g/mol. The molecule has 3 nitrogen and oxygen atoms in total. The van der Waals surface area contributed by atoms with Gasteiger partial charge in [-0.05, 0) is 18.6 Å². The Morgan fingerprint density at radius 1 is 1.17 bits per heavy atom. The van der Waals surface area contributed by atoms with E-state index in [9.17, 15) is 4.79 Å². The van der Waals surface area contributed by atoms with Crippen molar-refractivity contribution in [1.82, 2.24) is 0 Å². The van der Waals surface area contributed by atoms with Crippen molar-refractivity contribution in [3.05, 3.63) is 64.0 Å². The molecule has 0 aliphatic carbocycles. The van der Waals surface area contributed by atoms with Gasteiger partial charge in [-0.3, -0.25) is 4.79 Å². The first-order valence-corrected chi connectivity index (χ1v) is 5.79. The third-order valence-corrected chi connectivity index (χ3v) is 2.29. The van der Waals surface area contributed by atoms with E-state index in [0.717, 1.165) is 5.56 Å². The van der Waals surface area contributed by atoms with Crippen LogP contribution in [0.5, 0.6) is 5.95 Å². The minimum Gasteiger partial charge on any atom is -0.465 e. The summed E-state index contributed by atoms with van der Waals surface area (Å²) in [7, 11) is 0. The summed E-state index contributed by atoms with van der Waals surface area (Å²) in [6.07, 6.45) is 3.63. The van der Waals surface area contributed by atoms with Crippen molar-refractivity contribution in [3.63, 3.8) is 0 Å². The van der Waals surface area contributed by atoms with Crippen LogP contribution in [0.25, 0.3) is 12.2 Å². The second kappa shape index (κ2) is 5.87. The van der Waals surface area contributed by atoms with Crippen LogP contribution in [0, 0.1) is 0 Å². The molecule has 1 aromatic heterocycles. The maximum atomic E-state index is 11.4. The first-order chi connectivity index (χ1) is 8.78. The van der Waals surface area contributed by atoms with Crippen LogP contribution in [-0.2, 0) is 0 Å². The van der Waals surface area contributed by atoms with Gasteiger partial charge < -0.3 is 9.15 Å². The highest BCUT2D eigenvalue weighted by Crippen LogP contribution is 2.13. The van der Waals surface area contributed by atoms with Gasteiger partial charge in [-0.1, -0.05) is 36.4 Å². The normalized spacial score (nSPS) is 10.7. The minimum atomic E-state index is -0.127. The summed E-state index contributed by atoms with van der Waals surface area (Å²) in [6.45, 7) is 2.31. The van der Waals surface area contributed by atoms with E-state index in [1.54, 1.807) is 6.08 Å². The number of hydrogen-bond acceptors (Lipinski definition) is 3. The van der Waals surface area contributed by atoms with Crippen molar-refractivity contribution in [2.75, 3.05) is 6.61 Å². The lowest BCUT2D eigenvalue weighted by Crippen LogP contribution is -2.01. The summed E-state index contributed by atoms with van der Waals surface area (Å²) >= 11 is 0. The van der Waals surface area contributed by atoms with E-state index in [2.05, 4.69) is 0 Å². The van der Waals surface area contributed by atoms with Gasteiger partial charge in [0.05, 0.1) is 12.7 Å². The zero-order chi connectivity index (χ0) is 12.8. The molecule has 1 heterocycles. The molecule has 18 heavy (non-hydrogen) atoms. The Hall–Kier alpha value is -2.29. The van der Waals surface area contributed by atoms with Gasteiger partial charge in [-0.15, -0.1) is 0 Å². The summed E-state index contributed by atoms with van der Waals surface area (Å²) in [6, 6.07) is 12.6. The zero-order valence-corrected chi connectivity index (χ0v) is 10.1. The van der Waals surface area contributed by atoms with Gasteiger partial charge in [0, 0.05) is 6.07 Å². The van der Waals surface area contributed by atoms with Gasteiger partial charge in [0.15, 0.2) is 5.43 Å². The summed E-state index contributed by atoms with van der Waals surface area (Å²) < 4.78 is 10.6. The maximum absolute atomic E-state index is 11.4. The summed E-state index contributed by atoms with van der Waals surface area (Å²) in [5.74, 6) is 0.729. The highest BCUT2D eigenvalue weighted by atomic mass is 16.6. The van der Waals surface area contributed by atoms with Crippen LogP contribution in [0.1, 0.15) is 18.2 Å². The highest BCUT2D eigenvalue weighted by molar-refractivity contribution is 5.67. The zero-order valence-electron chi connectivity index (χ0n) is 10.1.